The summed E-state index contributed by atoms with van der Waals surface area (Å²) < 4.78 is 20.1. The summed E-state index contributed by atoms with van der Waals surface area (Å²) in [6, 6.07) is 12.0. The highest BCUT2D eigenvalue weighted by molar-refractivity contribution is 7.14. The number of thiazole rings is 2. The number of anilines is 2. The molecule has 0 aliphatic heterocycles. The fourth-order valence-corrected chi connectivity index (χ4v) is 4.80. The molecule has 0 aliphatic carbocycles. The van der Waals surface area contributed by atoms with Gasteiger partial charge in [-0.25, -0.2) is 14.4 Å². The Bertz CT molecular complexity index is 1340. The van der Waals surface area contributed by atoms with Crippen molar-refractivity contribution in [3.63, 3.8) is 0 Å². The average Bonchev–Trinajstić information content (AvgIpc) is 3.44. The van der Waals surface area contributed by atoms with Crippen LogP contribution in [-0.2, 0) is 16.0 Å². The SMILES string of the molecule is CCOc1ccccc1-c1nc(CC(=O)Nc2nc(-c3ccc(NC(C)=O)cc3F)cs2)cs1. The Balaban J connectivity index is 1.41. The highest BCUT2D eigenvalue weighted by Gasteiger charge is 2.15. The van der Waals surface area contributed by atoms with Crippen molar-refractivity contribution in [1.29, 1.82) is 0 Å². The van der Waals surface area contributed by atoms with Gasteiger partial charge in [-0.3, -0.25) is 9.59 Å². The van der Waals surface area contributed by atoms with Gasteiger partial charge in [0.25, 0.3) is 0 Å². The number of hydrogen-bond acceptors (Lipinski definition) is 7. The second-order valence-corrected chi connectivity index (χ2v) is 8.93. The van der Waals surface area contributed by atoms with Crippen molar-refractivity contribution in [1.82, 2.24) is 9.97 Å². The molecule has 0 saturated carbocycles. The molecule has 10 heteroatoms. The zero-order valence-corrected chi connectivity index (χ0v) is 20.1. The van der Waals surface area contributed by atoms with Crippen molar-refractivity contribution < 1.29 is 18.7 Å². The molecule has 4 aromatic rings. The van der Waals surface area contributed by atoms with E-state index in [1.54, 1.807) is 11.4 Å². The molecule has 0 spiro atoms. The van der Waals surface area contributed by atoms with Crippen LogP contribution in [0.3, 0.4) is 0 Å². The van der Waals surface area contributed by atoms with Crippen LogP contribution in [-0.4, -0.2) is 28.4 Å². The second kappa shape index (κ2) is 10.5. The first kappa shape index (κ1) is 23.5. The molecule has 0 bridgehead atoms. The van der Waals surface area contributed by atoms with E-state index in [0.29, 0.717) is 28.8 Å². The quantitative estimate of drug-likeness (QED) is 0.331. The minimum atomic E-state index is -0.517. The summed E-state index contributed by atoms with van der Waals surface area (Å²) in [6.07, 6.45) is 0.0853. The number of nitrogens with zero attached hydrogens (tertiary/aromatic N) is 2. The van der Waals surface area contributed by atoms with Crippen LogP contribution in [0.15, 0.2) is 53.2 Å². The maximum absolute atomic E-state index is 14.5. The number of amides is 2. The summed E-state index contributed by atoms with van der Waals surface area (Å²) >= 11 is 2.65. The molecule has 2 N–H and O–H groups in total. The molecule has 0 atom stereocenters. The highest BCUT2D eigenvalue weighted by Crippen LogP contribution is 2.32. The largest absolute Gasteiger partial charge is 0.493 e. The van der Waals surface area contributed by atoms with Gasteiger partial charge >= 0.3 is 0 Å². The zero-order chi connectivity index (χ0) is 24.1. The van der Waals surface area contributed by atoms with E-state index in [9.17, 15) is 14.0 Å². The van der Waals surface area contributed by atoms with Crippen molar-refractivity contribution in [3.8, 4) is 27.6 Å². The number of rotatable bonds is 8. The normalized spacial score (nSPS) is 10.7. The summed E-state index contributed by atoms with van der Waals surface area (Å²) in [5.74, 6) is -0.311. The Hall–Kier alpha value is -3.63. The van der Waals surface area contributed by atoms with Gasteiger partial charge in [-0.15, -0.1) is 22.7 Å². The molecule has 0 radical (unpaired) electrons. The molecule has 4 rings (SSSR count). The number of hydrogen-bond donors (Lipinski definition) is 2. The average molecular weight is 497 g/mol. The molecule has 2 heterocycles. The summed E-state index contributed by atoms with van der Waals surface area (Å²) in [5.41, 5.74) is 2.57. The van der Waals surface area contributed by atoms with Crippen LogP contribution >= 0.6 is 22.7 Å². The Morgan fingerprint density at radius 3 is 2.62 bits per heavy atom. The lowest BCUT2D eigenvalue weighted by Gasteiger charge is -2.07. The number of nitrogens with one attached hydrogen (secondary N) is 2. The van der Waals surface area contributed by atoms with Gasteiger partial charge in [0.2, 0.25) is 11.8 Å². The standard InChI is InChI=1S/C24H21FN4O3S2/c1-3-32-21-7-5-4-6-18(21)23-27-16(12-33-23)11-22(31)29-24-28-20(13-34-24)17-9-8-15(10-19(17)25)26-14(2)30/h4-10,12-13H,3,11H2,1-2H3,(H,26,30)(H,28,29,31). The minimum Gasteiger partial charge on any atom is -0.493 e. The van der Waals surface area contributed by atoms with Crippen LogP contribution in [0.5, 0.6) is 5.75 Å². The summed E-state index contributed by atoms with van der Waals surface area (Å²) in [4.78, 5) is 32.6. The van der Waals surface area contributed by atoms with Crippen LogP contribution in [0.25, 0.3) is 21.8 Å². The van der Waals surface area contributed by atoms with E-state index < -0.39 is 5.82 Å². The Morgan fingerprint density at radius 2 is 1.85 bits per heavy atom. The molecule has 0 aliphatic rings. The number of halogens is 1. The maximum atomic E-state index is 14.5. The van der Waals surface area contributed by atoms with E-state index in [1.165, 1.54) is 41.7 Å². The number of carbonyl (C=O) groups is 2. The topological polar surface area (TPSA) is 93.2 Å². The molecular formula is C24H21FN4O3S2. The maximum Gasteiger partial charge on any atom is 0.232 e. The molecule has 2 aromatic carbocycles. The summed E-state index contributed by atoms with van der Waals surface area (Å²) in [7, 11) is 0. The van der Waals surface area contributed by atoms with Crippen molar-refractivity contribution in [2.24, 2.45) is 0 Å². The summed E-state index contributed by atoms with van der Waals surface area (Å²) in [5, 5.41) is 9.93. The molecule has 0 fully saturated rings. The minimum absolute atomic E-state index is 0.0853. The fraction of sp³-hybridized carbons (Fsp3) is 0.167. The van der Waals surface area contributed by atoms with Crippen LogP contribution in [0.2, 0.25) is 0 Å². The van der Waals surface area contributed by atoms with Crippen molar-refractivity contribution >= 4 is 45.3 Å². The Kier molecular flexibility index (Phi) is 7.29. The van der Waals surface area contributed by atoms with Gasteiger partial charge < -0.3 is 15.4 Å². The first-order valence-electron chi connectivity index (χ1n) is 10.4. The lowest BCUT2D eigenvalue weighted by Crippen LogP contribution is -2.14. The monoisotopic (exact) mass is 496 g/mol. The van der Waals surface area contributed by atoms with Gasteiger partial charge in [-0.1, -0.05) is 12.1 Å². The van der Waals surface area contributed by atoms with Crippen molar-refractivity contribution in [2.45, 2.75) is 20.3 Å². The molecule has 2 aromatic heterocycles. The Morgan fingerprint density at radius 1 is 1.03 bits per heavy atom. The summed E-state index contributed by atoms with van der Waals surface area (Å²) in [6.45, 7) is 3.83. The third kappa shape index (κ3) is 5.64. The van der Waals surface area contributed by atoms with E-state index in [2.05, 4.69) is 20.6 Å². The number of carbonyl (C=O) groups excluding carboxylic acids is 2. The van der Waals surface area contributed by atoms with E-state index in [1.807, 2.05) is 36.6 Å². The third-order valence-electron chi connectivity index (χ3n) is 4.63. The first-order chi connectivity index (χ1) is 16.4. The van der Waals surface area contributed by atoms with E-state index in [4.69, 9.17) is 4.74 Å². The van der Waals surface area contributed by atoms with Gasteiger partial charge in [-0.05, 0) is 37.3 Å². The van der Waals surface area contributed by atoms with Gasteiger partial charge in [0.1, 0.15) is 16.6 Å². The van der Waals surface area contributed by atoms with Crippen molar-refractivity contribution in [2.75, 3.05) is 17.2 Å². The number of ether oxygens (including phenoxy) is 1. The van der Waals surface area contributed by atoms with Gasteiger partial charge in [-0.2, -0.15) is 0 Å². The van der Waals surface area contributed by atoms with Gasteiger partial charge in [0, 0.05) is 28.9 Å². The predicted octanol–water partition coefficient (Wildman–Crippen LogP) is 5.61. The van der Waals surface area contributed by atoms with Gasteiger partial charge in [0.15, 0.2) is 5.13 Å². The molecule has 7 nitrogen and oxygen atoms in total. The molecule has 0 unspecified atom stereocenters. The van der Waals surface area contributed by atoms with E-state index in [0.717, 1.165) is 16.3 Å². The van der Waals surface area contributed by atoms with Crippen LogP contribution in [0.4, 0.5) is 15.2 Å². The highest BCUT2D eigenvalue weighted by atomic mass is 32.1. The molecular weight excluding hydrogens is 475 g/mol. The number of aromatic nitrogens is 2. The number of para-hydroxylation sites is 1. The van der Waals surface area contributed by atoms with E-state index >= 15 is 0 Å². The number of benzene rings is 2. The van der Waals surface area contributed by atoms with Crippen LogP contribution < -0.4 is 15.4 Å². The molecule has 0 saturated heterocycles. The molecule has 34 heavy (non-hydrogen) atoms. The zero-order valence-electron chi connectivity index (χ0n) is 18.4. The third-order valence-corrected chi connectivity index (χ3v) is 6.31. The van der Waals surface area contributed by atoms with Crippen LogP contribution in [0, 0.1) is 5.82 Å². The lowest BCUT2D eigenvalue weighted by molar-refractivity contribution is -0.116. The second-order valence-electron chi connectivity index (χ2n) is 7.21. The molecule has 2 amide bonds. The first-order valence-corrected chi connectivity index (χ1v) is 12.2. The Labute approximate surface area is 203 Å². The molecule has 174 valence electrons. The predicted molar refractivity (Wildman–Crippen MR) is 133 cm³/mol. The van der Waals surface area contributed by atoms with E-state index in [-0.39, 0.29) is 23.8 Å². The van der Waals surface area contributed by atoms with Crippen molar-refractivity contribution in [3.05, 3.63) is 64.7 Å². The lowest BCUT2D eigenvalue weighted by atomic mass is 10.1. The fourth-order valence-electron chi connectivity index (χ4n) is 3.22. The smallest absolute Gasteiger partial charge is 0.232 e. The van der Waals surface area contributed by atoms with Crippen LogP contribution in [0.1, 0.15) is 19.5 Å². The van der Waals surface area contributed by atoms with Gasteiger partial charge in [0.05, 0.1) is 30.0 Å².